The maximum atomic E-state index is 14.0. The van der Waals surface area contributed by atoms with Gasteiger partial charge in [0.1, 0.15) is 5.82 Å². The Morgan fingerprint density at radius 1 is 1.50 bits per heavy atom. The summed E-state index contributed by atoms with van der Waals surface area (Å²) in [7, 11) is 0. The van der Waals surface area contributed by atoms with Gasteiger partial charge in [0.25, 0.3) is 0 Å². The highest BCUT2D eigenvalue weighted by atomic mass is 19.1. The van der Waals surface area contributed by atoms with E-state index >= 15 is 0 Å². The number of aliphatic hydroxyl groups excluding tert-OH is 1. The maximum absolute atomic E-state index is 14.0. The fraction of sp³-hybridized carbons (Fsp3) is 0.571. The normalized spacial score (nSPS) is 19.5. The molecule has 0 amide bonds. The van der Waals surface area contributed by atoms with Crippen LogP contribution in [0, 0.1) is 11.7 Å². The lowest BCUT2D eigenvalue weighted by molar-refractivity contribution is 0.238. The molecule has 0 spiro atoms. The summed E-state index contributed by atoms with van der Waals surface area (Å²) in [4.78, 5) is 2.02. The van der Waals surface area contributed by atoms with Crippen molar-refractivity contribution in [2.24, 2.45) is 5.92 Å². The number of nitrogens with zero attached hydrogens (tertiary/aromatic N) is 1. The van der Waals surface area contributed by atoms with Crippen LogP contribution in [0.25, 0.3) is 0 Å². The Labute approximate surface area is 108 Å². The van der Waals surface area contributed by atoms with Crippen molar-refractivity contribution in [2.75, 3.05) is 31.1 Å². The van der Waals surface area contributed by atoms with Crippen LogP contribution in [0.1, 0.15) is 18.9 Å². The van der Waals surface area contributed by atoms with E-state index in [1.165, 1.54) is 0 Å². The minimum Gasteiger partial charge on any atom is -0.396 e. The Balaban J connectivity index is 2.05. The largest absolute Gasteiger partial charge is 0.396 e. The van der Waals surface area contributed by atoms with E-state index in [2.05, 4.69) is 5.32 Å². The van der Waals surface area contributed by atoms with E-state index in [9.17, 15) is 4.39 Å². The molecule has 2 rings (SSSR count). The third-order valence-electron chi connectivity index (χ3n) is 3.48. The molecule has 1 saturated heterocycles. The Morgan fingerprint density at radius 3 is 2.94 bits per heavy atom. The number of hydrogen-bond donors (Lipinski definition) is 2. The molecule has 18 heavy (non-hydrogen) atoms. The number of anilines is 1. The SMILES string of the molecule is CCNCc1ccc(N2CCC(CO)C2)c(F)c1. The second kappa shape index (κ2) is 6.16. The highest BCUT2D eigenvalue weighted by Crippen LogP contribution is 2.26. The molecule has 3 nitrogen and oxygen atoms in total. The summed E-state index contributed by atoms with van der Waals surface area (Å²) < 4.78 is 14.0. The van der Waals surface area contributed by atoms with Gasteiger partial charge in [-0.3, -0.25) is 0 Å². The van der Waals surface area contributed by atoms with Gasteiger partial charge < -0.3 is 15.3 Å². The van der Waals surface area contributed by atoms with Crippen molar-refractivity contribution in [1.82, 2.24) is 5.32 Å². The number of halogens is 1. The fourth-order valence-corrected chi connectivity index (χ4v) is 2.39. The second-order valence-electron chi connectivity index (χ2n) is 4.85. The lowest BCUT2D eigenvalue weighted by Crippen LogP contribution is -2.22. The molecular weight excluding hydrogens is 231 g/mol. The number of nitrogens with one attached hydrogen (secondary N) is 1. The van der Waals surface area contributed by atoms with Crippen molar-refractivity contribution in [3.8, 4) is 0 Å². The van der Waals surface area contributed by atoms with E-state index in [0.29, 0.717) is 12.2 Å². The van der Waals surface area contributed by atoms with Crippen molar-refractivity contribution >= 4 is 5.69 Å². The third kappa shape index (κ3) is 3.00. The van der Waals surface area contributed by atoms with Gasteiger partial charge in [-0.05, 0) is 30.7 Å². The van der Waals surface area contributed by atoms with E-state index in [1.54, 1.807) is 6.07 Å². The summed E-state index contributed by atoms with van der Waals surface area (Å²) in [6, 6.07) is 5.42. The van der Waals surface area contributed by atoms with Crippen LogP contribution >= 0.6 is 0 Å². The first-order valence-electron chi connectivity index (χ1n) is 6.59. The average Bonchev–Trinajstić information content (AvgIpc) is 2.85. The molecule has 1 atom stereocenters. The van der Waals surface area contributed by atoms with E-state index in [4.69, 9.17) is 5.11 Å². The fourth-order valence-electron chi connectivity index (χ4n) is 2.39. The van der Waals surface area contributed by atoms with Crippen molar-refractivity contribution in [2.45, 2.75) is 19.9 Å². The van der Waals surface area contributed by atoms with Crippen LogP contribution in [0.3, 0.4) is 0 Å². The average molecular weight is 252 g/mol. The van der Waals surface area contributed by atoms with Crippen LogP contribution in [-0.2, 0) is 6.54 Å². The van der Waals surface area contributed by atoms with Gasteiger partial charge in [-0.15, -0.1) is 0 Å². The molecule has 100 valence electrons. The van der Waals surface area contributed by atoms with Crippen molar-refractivity contribution in [3.63, 3.8) is 0 Å². The van der Waals surface area contributed by atoms with Gasteiger partial charge in [-0.25, -0.2) is 4.39 Å². The molecule has 0 aliphatic carbocycles. The molecule has 0 saturated carbocycles. The highest BCUT2D eigenvalue weighted by molar-refractivity contribution is 5.50. The van der Waals surface area contributed by atoms with Crippen molar-refractivity contribution < 1.29 is 9.50 Å². The number of benzene rings is 1. The van der Waals surface area contributed by atoms with E-state index in [-0.39, 0.29) is 18.3 Å². The highest BCUT2D eigenvalue weighted by Gasteiger charge is 2.23. The lowest BCUT2D eigenvalue weighted by Gasteiger charge is -2.19. The van der Waals surface area contributed by atoms with Gasteiger partial charge in [0.15, 0.2) is 0 Å². The summed E-state index contributed by atoms with van der Waals surface area (Å²) in [5, 5.41) is 12.3. The van der Waals surface area contributed by atoms with Crippen LogP contribution in [-0.4, -0.2) is 31.3 Å². The first kappa shape index (κ1) is 13.3. The monoisotopic (exact) mass is 252 g/mol. The minimum atomic E-state index is -0.163. The Hall–Kier alpha value is -1.13. The molecule has 0 aromatic heterocycles. The van der Waals surface area contributed by atoms with Crippen LogP contribution < -0.4 is 10.2 Å². The number of aliphatic hydroxyl groups is 1. The molecule has 1 unspecified atom stereocenters. The van der Waals surface area contributed by atoms with Crippen LogP contribution in [0.2, 0.25) is 0 Å². The molecule has 1 heterocycles. The Kier molecular flexibility index (Phi) is 4.55. The van der Waals surface area contributed by atoms with Gasteiger partial charge in [-0.1, -0.05) is 13.0 Å². The van der Waals surface area contributed by atoms with Crippen LogP contribution in [0.15, 0.2) is 18.2 Å². The first-order chi connectivity index (χ1) is 8.74. The smallest absolute Gasteiger partial charge is 0.146 e. The topological polar surface area (TPSA) is 35.5 Å². The van der Waals surface area contributed by atoms with E-state index in [0.717, 1.165) is 31.6 Å². The van der Waals surface area contributed by atoms with E-state index < -0.39 is 0 Å². The second-order valence-corrected chi connectivity index (χ2v) is 4.85. The molecule has 1 aliphatic heterocycles. The standard InChI is InChI=1S/C14H21FN2O/c1-2-16-8-11-3-4-14(13(15)7-11)17-6-5-12(9-17)10-18/h3-4,7,12,16,18H,2,5-6,8-10H2,1H3. The van der Waals surface area contributed by atoms with E-state index in [1.807, 2.05) is 24.0 Å². The van der Waals surface area contributed by atoms with Gasteiger partial charge in [-0.2, -0.15) is 0 Å². The molecule has 4 heteroatoms. The first-order valence-corrected chi connectivity index (χ1v) is 6.59. The van der Waals surface area contributed by atoms with Gasteiger partial charge in [0.2, 0.25) is 0 Å². The number of rotatable bonds is 5. The zero-order valence-corrected chi connectivity index (χ0v) is 10.8. The third-order valence-corrected chi connectivity index (χ3v) is 3.48. The predicted molar refractivity (Wildman–Crippen MR) is 71.2 cm³/mol. The van der Waals surface area contributed by atoms with Gasteiger partial charge in [0.05, 0.1) is 5.69 Å². The summed E-state index contributed by atoms with van der Waals surface area (Å²) in [6.07, 6.45) is 0.940. The molecule has 0 bridgehead atoms. The molecule has 1 aromatic carbocycles. The van der Waals surface area contributed by atoms with Crippen molar-refractivity contribution in [3.05, 3.63) is 29.6 Å². The molecule has 1 fully saturated rings. The predicted octanol–water partition coefficient (Wildman–Crippen LogP) is 1.75. The van der Waals surface area contributed by atoms with Gasteiger partial charge in [0, 0.05) is 32.2 Å². The molecular formula is C14H21FN2O. The van der Waals surface area contributed by atoms with Crippen LogP contribution in [0.4, 0.5) is 10.1 Å². The summed E-state index contributed by atoms with van der Waals surface area (Å²) in [5.41, 5.74) is 1.63. The number of hydrogen-bond acceptors (Lipinski definition) is 3. The Bertz CT molecular complexity index is 397. The van der Waals surface area contributed by atoms with Crippen LogP contribution in [0.5, 0.6) is 0 Å². The van der Waals surface area contributed by atoms with Gasteiger partial charge >= 0.3 is 0 Å². The lowest BCUT2D eigenvalue weighted by atomic mass is 10.1. The molecule has 2 N–H and O–H groups in total. The summed E-state index contributed by atoms with van der Waals surface area (Å²) >= 11 is 0. The quantitative estimate of drug-likeness (QED) is 0.838. The minimum absolute atomic E-state index is 0.163. The summed E-state index contributed by atoms with van der Waals surface area (Å²) in [5.74, 6) is 0.120. The summed E-state index contributed by atoms with van der Waals surface area (Å²) in [6.45, 7) is 5.38. The molecule has 1 aromatic rings. The Morgan fingerprint density at radius 2 is 2.33 bits per heavy atom. The molecule has 1 aliphatic rings. The zero-order chi connectivity index (χ0) is 13.0. The molecule has 0 radical (unpaired) electrons. The zero-order valence-electron chi connectivity index (χ0n) is 10.8. The van der Waals surface area contributed by atoms with Crippen molar-refractivity contribution in [1.29, 1.82) is 0 Å². The maximum Gasteiger partial charge on any atom is 0.146 e.